The Morgan fingerprint density at radius 1 is 1.47 bits per heavy atom. The van der Waals surface area contributed by atoms with Crippen molar-refractivity contribution in [2.45, 2.75) is 56.0 Å². The van der Waals surface area contributed by atoms with E-state index in [1.54, 1.807) is 11.8 Å². The molecule has 0 bridgehead atoms. The van der Waals surface area contributed by atoms with Crippen molar-refractivity contribution in [1.29, 1.82) is 0 Å². The molecule has 0 spiro atoms. The summed E-state index contributed by atoms with van der Waals surface area (Å²) < 4.78 is 2.03. The van der Waals surface area contributed by atoms with Crippen LogP contribution in [0.4, 0.5) is 0 Å². The van der Waals surface area contributed by atoms with Crippen LogP contribution in [0.2, 0.25) is 0 Å². The van der Waals surface area contributed by atoms with Gasteiger partial charge in [0.2, 0.25) is 5.16 Å². The van der Waals surface area contributed by atoms with Gasteiger partial charge >= 0.3 is 0 Å². The highest BCUT2D eigenvalue weighted by atomic mass is 32.2. The van der Waals surface area contributed by atoms with Crippen molar-refractivity contribution >= 4 is 11.8 Å². The van der Waals surface area contributed by atoms with Gasteiger partial charge in [0.05, 0.1) is 6.04 Å². The predicted octanol–water partition coefficient (Wildman–Crippen LogP) is 1.88. The second-order valence-corrected chi connectivity index (χ2v) is 5.99. The number of rotatable bonds is 6. The Morgan fingerprint density at radius 3 is 2.94 bits per heavy atom. The first-order valence-electron chi connectivity index (χ1n) is 6.46. The monoisotopic (exact) mass is 255 g/mol. The first kappa shape index (κ1) is 12.8. The molecule has 6 heteroatoms. The lowest BCUT2D eigenvalue weighted by molar-refractivity contribution is 0.422. The number of nitrogens with one attached hydrogen (secondary N) is 1. The first-order chi connectivity index (χ1) is 8.31. The summed E-state index contributed by atoms with van der Waals surface area (Å²) in [5.74, 6) is 0. The van der Waals surface area contributed by atoms with E-state index in [-0.39, 0.29) is 0 Å². The van der Waals surface area contributed by atoms with Gasteiger partial charge in [0.25, 0.3) is 0 Å². The van der Waals surface area contributed by atoms with Gasteiger partial charge in [-0.3, -0.25) is 0 Å². The minimum atomic E-state index is 0.501. The fourth-order valence-corrected chi connectivity index (χ4v) is 3.15. The molecule has 5 nitrogen and oxygen atoms in total. The van der Waals surface area contributed by atoms with E-state index in [1.807, 2.05) is 4.68 Å². The molecule has 1 aromatic heterocycles. The smallest absolute Gasteiger partial charge is 0.209 e. The molecule has 0 radical (unpaired) electrons. The Morgan fingerprint density at radius 2 is 2.24 bits per heavy atom. The average Bonchev–Trinajstić information content (AvgIpc) is 2.95. The van der Waals surface area contributed by atoms with Crippen LogP contribution in [-0.4, -0.2) is 38.5 Å². The highest BCUT2D eigenvalue weighted by Crippen LogP contribution is 2.32. The molecule has 0 amide bonds. The summed E-state index contributed by atoms with van der Waals surface area (Å²) in [7, 11) is 0. The average molecular weight is 255 g/mol. The van der Waals surface area contributed by atoms with E-state index in [2.05, 4.69) is 34.7 Å². The molecule has 0 saturated heterocycles. The van der Waals surface area contributed by atoms with Crippen molar-refractivity contribution in [3.05, 3.63) is 0 Å². The summed E-state index contributed by atoms with van der Waals surface area (Å²) in [5, 5.41) is 16.9. The van der Waals surface area contributed by atoms with Crippen molar-refractivity contribution in [3.8, 4) is 0 Å². The molecular weight excluding hydrogens is 234 g/mol. The number of aromatic nitrogens is 4. The Bertz CT molecular complexity index is 334. The minimum absolute atomic E-state index is 0.501. The van der Waals surface area contributed by atoms with Crippen molar-refractivity contribution in [2.75, 3.05) is 13.1 Å². The summed E-state index contributed by atoms with van der Waals surface area (Å²) in [6.07, 6.45) is 5.06. The summed E-state index contributed by atoms with van der Waals surface area (Å²) in [6, 6.07) is 0.527. The SMILES string of the molecule is CCNCC(C)Sc1nnnn1C1CCCC1. The number of hydrogen-bond acceptors (Lipinski definition) is 5. The highest BCUT2D eigenvalue weighted by molar-refractivity contribution is 7.99. The molecule has 1 saturated carbocycles. The van der Waals surface area contributed by atoms with Crippen molar-refractivity contribution < 1.29 is 0 Å². The molecule has 96 valence electrons. The van der Waals surface area contributed by atoms with Crippen LogP contribution in [-0.2, 0) is 0 Å². The van der Waals surface area contributed by atoms with Gasteiger partial charge in [-0.05, 0) is 29.8 Å². The molecule has 1 fully saturated rings. The molecule has 17 heavy (non-hydrogen) atoms. The van der Waals surface area contributed by atoms with E-state index in [9.17, 15) is 0 Å². The molecule has 1 aliphatic carbocycles. The number of tetrazole rings is 1. The zero-order valence-corrected chi connectivity index (χ0v) is 11.4. The third kappa shape index (κ3) is 3.42. The Balaban J connectivity index is 1.93. The van der Waals surface area contributed by atoms with Gasteiger partial charge in [-0.25, -0.2) is 4.68 Å². The van der Waals surface area contributed by atoms with Crippen LogP contribution in [0.5, 0.6) is 0 Å². The molecular formula is C11H21N5S. The summed E-state index contributed by atoms with van der Waals surface area (Å²) in [4.78, 5) is 0. The largest absolute Gasteiger partial charge is 0.316 e. The van der Waals surface area contributed by atoms with Gasteiger partial charge in [0.1, 0.15) is 0 Å². The fourth-order valence-electron chi connectivity index (χ4n) is 2.21. The summed E-state index contributed by atoms with van der Waals surface area (Å²) in [5.41, 5.74) is 0. The third-order valence-electron chi connectivity index (χ3n) is 3.12. The highest BCUT2D eigenvalue weighted by Gasteiger charge is 2.22. The Labute approximate surface area is 107 Å². The van der Waals surface area contributed by atoms with Crippen molar-refractivity contribution in [3.63, 3.8) is 0 Å². The number of hydrogen-bond donors (Lipinski definition) is 1. The van der Waals surface area contributed by atoms with Crippen LogP contribution in [0.25, 0.3) is 0 Å². The van der Waals surface area contributed by atoms with Crippen LogP contribution < -0.4 is 5.32 Å². The van der Waals surface area contributed by atoms with Crippen LogP contribution in [0.3, 0.4) is 0 Å². The van der Waals surface area contributed by atoms with Crippen molar-refractivity contribution in [2.24, 2.45) is 0 Å². The molecule has 1 aromatic rings. The molecule has 0 aromatic carbocycles. The molecule has 1 N–H and O–H groups in total. The van der Waals surface area contributed by atoms with Crippen LogP contribution in [0.1, 0.15) is 45.6 Å². The van der Waals surface area contributed by atoms with E-state index in [1.165, 1.54) is 25.7 Å². The van der Waals surface area contributed by atoms with Gasteiger partial charge in [0, 0.05) is 11.8 Å². The second kappa shape index (κ2) is 6.35. The summed E-state index contributed by atoms with van der Waals surface area (Å²) in [6.45, 7) is 6.35. The van der Waals surface area contributed by atoms with Crippen LogP contribution >= 0.6 is 11.8 Å². The maximum absolute atomic E-state index is 4.15. The third-order valence-corrected chi connectivity index (χ3v) is 4.17. The topological polar surface area (TPSA) is 55.6 Å². The maximum atomic E-state index is 4.15. The summed E-state index contributed by atoms with van der Waals surface area (Å²) >= 11 is 1.77. The fraction of sp³-hybridized carbons (Fsp3) is 0.909. The standard InChI is InChI=1S/C11H21N5S/c1-3-12-8-9(2)17-11-13-14-15-16(11)10-6-4-5-7-10/h9-10,12H,3-8H2,1-2H3. The normalized spacial score (nSPS) is 18.7. The lowest BCUT2D eigenvalue weighted by atomic mass is 10.3. The lowest BCUT2D eigenvalue weighted by Gasteiger charge is -2.14. The quantitative estimate of drug-likeness (QED) is 0.787. The minimum Gasteiger partial charge on any atom is -0.316 e. The van der Waals surface area contributed by atoms with E-state index in [4.69, 9.17) is 0 Å². The Hall–Kier alpha value is -0.620. The molecule has 1 aliphatic rings. The van der Waals surface area contributed by atoms with Gasteiger partial charge in [-0.1, -0.05) is 38.5 Å². The molecule has 1 heterocycles. The Kier molecular flexibility index (Phi) is 4.79. The van der Waals surface area contributed by atoms with Crippen LogP contribution in [0, 0.1) is 0 Å². The van der Waals surface area contributed by atoms with Crippen LogP contribution in [0.15, 0.2) is 5.16 Å². The van der Waals surface area contributed by atoms with Gasteiger partial charge in [-0.15, -0.1) is 5.10 Å². The van der Waals surface area contributed by atoms with E-state index in [0.717, 1.165) is 18.2 Å². The zero-order chi connectivity index (χ0) is 12.1. The molecule has 0 aliphatic heterocycles. The number of thioether (sulfide) groups is 1. The second-order valence-electron chi connectivity index (χ2n) is 4.58. The van der Waals surface area contributed by atoms with Gasteiger partial charge < -0.3 is 5.32 Å². The predicted molar refractivity (Wildman–Crippen MR) is 69.2 cm³/mol. The lowest BCUT2D eigenvalue weighted by Crippen LogP contribution is -2.22. The molecule has 1 atom stereocenters. The zero-order valence-electron chi connectivity index (χ0n) is 10.6. The van der Waals surface area contributed by atoms with Gasteiger partial charge in [-0.2, -0.15) is 0 Å². The molecule has 1 unspecified atom stereocenters. The molecule has 2 rings (SSSR count). The van der Waals surface area contributed by atoms with E-state index < -0.39 is 0 Å². The van der Waals surface area contributed by atoms with Crippen molar-refractivity contribution in [1.82, 2.24) is 25.5 Å². The maximum Gasteiger partial charge on any atom is 0.209 e. The van der Waals surface area contributed by atoms with E-state index >= 15 is 0 Å². The van der Waals surface area contributed by atoms with Gasteiger partial charge in [0.15, 0.2) is 0 Å². The first-order valence-corrected chi connectivity index (χ1v) is 7.34. The van der Waals surface area contributed by atoms with E-state index in [0.29, 0.717) is 11.3 Å². The number of nitrogens with zero attached hydrogens (tertiary/aromatic N) is 4.